The maximum absolute atomic E-state index is 13.3. The fourth-order valence-corrected chi connectivity index (χ4v) is 3.27. The Hall–Kier alpha value is -1.62. The van der Waals surface area contributed by atoms with Gasteiger partial charge < -0.3 is 20.3 Å². The lowest BCUT2D eigenvalue weighted by Crippen LogP contribution is -2.47. The van der Waals surface area contributed by atoms with Crippen molar-refractivity contribution >= 4 is 35.8 Å². The lowest BCUT2D eigenvalue weighted by atomic mass is 10.2. The van der Waals surface area contributed by atoms with Crippen LogP contribution in [0.15, 0.2) is 29.3 Å². The standard InChI is InChI=1S/C21H34FN5O2.HI/c1-5-27-11-7-9-18(27)14-24-21(25-15-20(28)26(3)4)23-13-16(2)29-19-10-6-8-17(22)12-19;/h6,8,10,12,16,18H,5,7,9,11,13-15H2,1-4H3,(H2,23,24,25);1H. The molecule has 1 fully saturated rings. The van der Waals surface area contributed by atoms with Gasteiger partial charge in [-0.2, -0.15) is 0 Å². The van der Waals surface area contributed by atoms with E-state index in [1.54, 1.807) is 26.2 Å². The van der Waals surface area contributed by atoms with Crippen molar-refractivity contribution in [2.24, 2.45) is 4.99 Å². The number of rotatable bonds is 9. The van der Waals surface area contributed by atoms with Crippen LogP contribution in [0, 0.1) is 5.82 Å². The SMILES string of the molecule is CCN1CCCC1CNC(=NCC(=O)N(C)C)NCC(C)Oc1cccc(F)c1.I. The molecule has 1 aromatic carbocycles. The zero-order valence-electron chi connectivity index (χ0n) is 18.4. The van der Waals surface area contributed by atoms with E-state index >= 15 is 0 Å². The van der Waals surface area contributed by atoms with Crippen molar-refractivity contribution in [2.45, 2.75) is 38.8 Å². The molecule has 1 amide bonds. The predicted molar refractivity (Wildman–Crippen MR) is 129 cm³/mol. The minimum Gasteiger partial charge on any atom is -0.489 e. The average Bonchev–Trinajstić information content (AvgIpc) is 3.14. The number of nitrogens with zero attached hydrogens (tertiary/aromatic N) is 3. The van der Waals surface area contributed by atoms with Gasteiger partial charge in [-0.05, 0) is 45.0 Å². The summed E-state index contributed by atoms with van der Waals surface area (Å²) in [6.45, 7) is 7.55. The van der Waals surface area contributed by atoms with E-state index in [-0.39, 0.29) is 48.3 Å². The van der Waals surface area contributed by atoms with E-state index in [0.717, 1.165) is 26.1 Å². The summed E-state index contributed by atoms with van der Waals surface area (Å²) in [5, 5.41) is 6.60. The van der Waals surface area contributed by atoms with Crippen molar-refractivity contribution in [1.29, 1.82) is 0 Å². The number of ether oxygens (including phenoxy) is 1. The normalized spacial score (nSPS) is 17.8. The zero-order chi connectivity index (χ0) is 21.2. The van der Waals surface area contributed by atoms with Crippen molar-refractivity contribution in [3.8, 4) is 5.75 Å². The van der Waals surface area contributed by atoms with E-state index in [9.17, 15) is 9.18 Å². The lowest BCUT2D eigenvalue weighted by Gasteiger charge is -2.24. The number of nitrogens with one attached hydrogen (secondary N) is 2. The van der Waals surface area contributed by atoms with E-state index in [1.165, 1.54) is 23.5 Å². The first kappa shape index (κ1) is 26.4. The van der Waals surface area contributed by atoms with Gasteiger partial charge in [-0.3, -0.25) is 9.69 Å². The van der Waals surface area contributed by atoms with Gasteiger partial charge >= 0.3 is 0 Å². The largest absolute Gasteiger partial charge is 0.489 e. The number of hydrogen-bond donors (Lipinski definition) is 2. The van der Waals surface area contributed by atoms with Crippen LogP contribution in [-0.2, 0) is 4.79 Å². The first-order valence-electron chi connectivity index (χ1n) is 10.3. The number of aliphatic imine (C=N–C) groups is 1. The minimum absolute atomic E-state index is 0. The molecule has 1 saturated heterocycles. The van der Waals surface area contributed by atoms with Gasteiger partial charge in [0.25, 0.3) is 0 Å². The van der Waals surface area contributed by atoms with Gasteiger partial charge in [0.15, 0.2) is 5.96 Å². The van der Waals surface area contributed by atoms with Crippen LogP contribution in [0.4, 0.5) is 4.39 Å². The molecule has 0 saturated carbocycles. The molecular formula is C21H35FIN5O2. The molecule has 0 aliphatic carbocycles. The summed E-state index contributed by atoms with van der Waals surface area (Å²) < 4.78 is 19.1. The molecule has 2 atom stereocenters. The first-order chi connectivity index (χ1) is 13.9. The van der Waals surface area contributed by atoms with Crippen LogP contribution in [0.25, 0.3) is 0 Å². The fraction of sp³-hybridized carbons (Fsp3) is 0.619. The van der Waals surface area contributed by atoms with Crippen molar-refractivity contribution in [2.75, 3.05) is 46.8 Å². The second-order valence-electron chi connectivity index (χ2n) is 7.53. The summed E-state index contributed by atoms with van der Waals surface area (Å²) in [6.07, 6.45) is 2.16. The Morgan fingerprint density at radius 2 is 2.17 bits per heavy atom. The topological polar surface area (TPSA) is 69.2 Å². The van der Waals surface area contributed by atoms with Crippen molar-refractivity contribution in [3.05, 3.63) is 30.1 Å². The van der Waals surface area contributed by atoms with Crippen molar-refractivity contribution in [1.82, 2.24) is 20.4 Å². The predicted octanol–water partition coefficient (Wildman–Crippen LogP) is 2.32. The summed E-state index contributed by atoms with van der Waals surface area (Å²) in [4.78, 5) is 20.3. The van der Waals surface area contributed by atoms with Crippen LogP contribution in [0.1, 0.15) is 26.7 Å². The molecule has 1 aliphatic heterocycles. The van der Waals surface area contributed by atoms with Crippen LogP contribution in [0.2, 0.25) is 0 Å². The van der Waals surface area contributed by atoms with Gasteiger partial charge in [-0.1, -0.05) is 13.0 Å². The Morgan fingerprint density at radius 1 is 1.40 bits per heavy atom. The van der Waals surface area contributed by atoms with Gasteiger partial charge in [-0.15, -0.1) is 24.0 Å². The molecule has 2 N–H and O–H groups in total. The van der Waals surface area contributed by atoms with Gasteiger partial charge in [0.1, 0.15) is 24.2 Å². The highest BCUT2D eigenvalue weighted by Crippen LogP contribution is 2.15. The zero-order valence-corrected chi connectivity index (χ0v) is 20.7. The molecule has 1 heterocycles. The van der Waals surface area contributed by atoms with Crippen molar-refractivity contribution in [3.63, 3.8) is 0 Å². The van der Waals surface area contributed by atoms with Crippen LogP contribution in [0.3, 0.4) is 0 Å². The molecule has 0 spiro atoms. The third-order valence-corrected chi connectivity index (χ3v) is 4.97. The number of guanidine groups is 1. The van der Waals surface area contributed by atoms with E-state index in [0.29, 0.717) is 24.3 Å². The number of carbonyl (C=O) groups excluding carboxylic acids is 1. The molecule has 2 rings (SSSR count). The number of carbonyl (C=O) groups is 1. The molecule has 0 bridgehead atoms. The summed E-state index contributed by atoms with van der Waals surface area (Å²) in [5.41, 5.74) is 0. The van der Waals surface area contributed by atoms with Gasteiger partial charge in [0.05, 0.1) is 6.54 Å². The molecule has 1 aromatic rings. The second-order valence-corrected chi connectivity index (χ2v) is 7.53. The third-order valence-electron chi connectivity index (χ3n) is 4.97. The molecular weight excluding hydrogens is 500 g/mol. The maximum Gasteiger partial charge on any atom is 0.243 e. The minimum atomic E-state index is -0.328. The van der Waals surface area contributed by atoms with E-state index in [2.05, 4.69) is 27.4 Å². The number of halogens is 2. The summed E-state index contributed by atoms with van der Waals surface area (Å²) in [7, 11) is 3.43. The molecule has 0 radical (unpaired) electrons. The molecule has 1 aliphatic rings. The van der Waals surface area contributed by atoms with Gasteiger partial charge in [0.2, 0.25) is 5.91 Å². The molecule has 9 heteroatoms. The highest BCUT2D eigenvalue weighted by Gasteiger charge is 2.23. The Balaban J connectivity index is 0.00000450. The Morgan fingerprint density at radius 3 is 2.83 bits per heavy atom. The average molecular weight is 535 g/mol. The highest BCUT2D eigenvalue weighted by atomic mass is 127. The smallest absolute Gasteiger partial charge is 0.243 e. The molecule has 170 valence electrons. The molecule has 0 aromatic heterocycles. The quantitative estimate of drug-likeness (QED) is 0.289. The summed E-state index contributed by atoms with van der Waals surface area (Å²) in [6, 6.07) is 6.56. The van der Waals surface area contributed by atoms with E-state index < -0.39 is 0 Å². The highest BCUT2D eigenvalue weighted by molar-refractivity contribution is 14.0. The van der Waals surface area contributed by atoms with Crippen LogP contribution < -0.4 is 15.4 Å². The second kappa shape index (κ2) is 13.6. The number of hydrogen-bond acceptors (Lipinski definition) is 4. The number of amides is 1. The van der Waals surface area contributed by atoms with E-state index in [1.807, 2.05) is 6.92 Å². The van der Waals surface area contributed by atoms with Crippen LogP contribution >= 0.6 is 24.0 Å². The molecule has 30 heavy (non-hydrogen) atoms. The molecule has 2 unspecified atom stereocenters. The van der Waals surface area contributed by atoms with Crippen LogP contribution in [0.5, 0.6) is 5.75 Å². The van der Waals surface area contributed by atoms with Crippen molar-refractivity contribution < 1.29 is 13.9 Å². The van der Waals surface area contributed by atoms with Crippen LogP contribution in [-0.4, -0.2) is 80.6 Å². The maximum atomic E-state index is 13.3. The fourth-order valence-electron chi connectivity index (χ4n) is 3.27. The Kier molecular flexibility index (Phi) is 12.0. The summed E-state index contributed by atoms with van der Waals surface area (Å²) in [5.74, 6) is 0.674. The molecule has 7 nitrogen and oxygen atoms in total. The van der Waals surface area contributed by atoms with Gasteiger partial charge in [0, 0.05) is 32.7 Å². The monoisotopic (exact) mass is 535 g/mol. The van der Waals surface area contributed by atoms with E-state index in [4.69, 9.17) is 4.74 Å². The Labute approximate surface area is 196 Å². The summed E-state index contributed by atoms with van der Waals surface area (Å²) >= 11 is 0. The number of likely N-dealkylation sites (tertiary alicyclic amines) is 1. The lowest BCUT2D eigenvalue weighted by molar-refractivity contribution is -0.127. The first-order valence-corrected chi connectivity index (χ1v) is 10.3. The number of likely N-dealkylation sites (N-methyl/N-ethyl adjacent to an activating group) is 2. The third kappa shape index (κ3) is 9.03. The number of benzene rings is 1. The Bertz CT molecular complexity index is 689. The van der Waals surface area contributed by atoms with Gasteiger partial charge in [-0.25, -0.2) is 9.38 Å².